The lowest BCUT2D eigenvalue weighted by molar-refractivity contribution is -0.137. The number of unbranched alkanes of at least 4 members (excludes halogenated alkanes) is 1. The molecule has 0 bridgehead atoms. The van der Waals surface area contributed by atoms with E-state index in [1.165, 1.54) is 12.1 Å². The number of benzene rings is 1. The zero-order valence-corrected chi connectivity index (χ0v) is 10.7. The minimum absolute atomic E-state index is 0.566. The van der Waals surface area contributed by atoms with Gasteiger partial charge in [-0.15, -0.1) is 0 Å². The summed E-state index contributed by atoms with van der Waals surface area (Å²) >= 11 is 0. The Morgan fingerprint density at radius 3 is 2.33 bits per heavy atom. The number of hydrogen-bond acceptors (Lipinski definition) is 2. The number of alkyl halides is 3. The Labute approximate surface area is 106 Å². The monoisotopic (exact) mass is 260 g/mol. The van der Waals surface area contributed by atoms with Crippen LogP contribution < -0.4 is 10.6 Å². The molecule has 0 spiro atoms. The van der Waals surface area contributed by atoms with Crippen LogP contribution in [0, 0.1) is 0 Å². The second-order valence-corrected chi connectivity index (χ2v) is 4.48. The molecule has 5 heteroatoms. The van der Waals surface area contributed by atoms with E-state index >= 15 is 0 Å². The van der Waals surface area contributed by atoms with E-state index in [9.17, 15) is 13.2 Å². The van der Waals surface area contributed by atoms with E-state index in [1.54, 1.807) is 0 Å². The lowest BCUT2D eigenvalue weighted by atomic mass is 10.0. The van der Waals surface area contributed by atoms with Gasteiger partial charge in [0, 0.05) is 19.8 Å². The molecule has 0 aliphatic heterocycles. The van der Waals surface area contributed by atoms with Crippen LogP contribution in [0.4, 0.5) is 18.9 Å². The molecule has 0 aliphatic rings. The first-order valence-corrected chi connectivity index (χ1v) is 5.93. The third-order valence-electron chi connectivity index (χ3n) is 2.79. The molecule has 0 saturated carbocycles. The normalized spacial score (nSPS) is 11.7. The standard InChI is InChI=1S/C13H19F3N2/c1-18(2)12-7-6-11(13(14,15)16)9-10(12)5-3-4-8-17/h6-7,9H,3-5,8,17H2,1-2H3. The van der Waals surface area contributed by atoms with E-state index in [2.05, 4.69) is 0 Å². The Hall–Kier alpha value is -1.23. The minimum atomic E-state index is -4.28. The molecule has 0 fully saturated rings. The topological polar surface area (TPSA) is 29.3 Å². The summed E-state index contributed by atoms with van der Waals surface area (Å²) < 4.78 is 38.0. The molecule has 2 nitrogen and oxygen atoms in total. The second kappa shape index (κ2) is 6.09. The van der Waals surface area contributed by atoms with Crippen LogP contribution in [0.1, 0.15) is 24.0 Å². The average Bonchev–Trinajstić information content (AvgIpc) is 2.27. The van der Waals surface area contributed by atoms with Crippen molar-refractivity contribution in [3.8, 4) is 0 Å². The maximum atomic E-state index is 12.7. The van der Waals surface area contributed by atoms with Crippen LogP contribution in [0.15, 0.2) is 18.2 Å². The summed E-state index contributed by atoms with van der Waals surface area (Å²) in [6.07, 6.45) is -2.04. The van der Waals surface area contributed by atoms with Gasteiger partial charge < -0.3 is 10.6 Å². The number of nitrogens with two attached hydrogens (primary N) is 1. The molecule has 0 radical (unpaired) electrons. The zero-order chi connectivity index (χ0) is 13.8. The third-order valence-corrected chi connectivity index (χ3v) is 2.79. The fraction of sp³-hybridized carbons (Fsp3) is 0.538. The Bertz CT molecular complexity index is 386. The van der Waals surface area contributed by atoms with Gasteiger partial charge in [-0.05, 0) is 49.6 Å². The van der Waals surface area contributed by atoms with Gasteiger partial charge in [-0.2, -0.15) is 13.2 Å². The molecule has 0 aliphatic carbocycles. The first-order chi connectivity index (χ1) is 8.36. The van der Waals surface area contributed by atoms with Crippen LogP contribution in [0.25, 0.3) is 0 Å². The van der Waals surface area contributed by atoms with Gasteiger partial charge in [0.2, 0.25) is 0 Å². The first-order valence-electron chi connectivity index (χ1n) is 5.93. The maximum Gasteiger partial charge on any atom is 0.416 e. The van der Waals surface area contributed by atoms with Crippen molar-refractivity contribution in [3.63, 3.8) is 0 Å². The van der Waals surface area contributed by atoms with Gasteiger partial charge in [0.05, 0.1) is 5.56 Å². The Morgan fingerprint density at radius 1 is 1.17 bits per heavy atom. The first kappa shape index (κ1) is 14.8. The van der Waals surface area contributed by atoms with Crippen LogP contribution in [-0.2, 0) is 12.6 Å². The van der Waals surface area contributed by atoms with Crippen LogP contribution >= 0.6 is 0 Å². The highest BCUT2D eigenvalue weighted by atomic mass is 19.4. The molecule has 18 heavy (non-hydrogen) atoms. The lowest BCUT2D eigenvalue weighted by Crippen LogP contribution is -2.13. The van der Waals surface area contributed by atoms with Crippen molar-refractivity contribution < 1.29 is 13.2 Å². The summed E-state index contributed by atoms with van der Waals surface area (Å²) in [5, 5.41) is 0. The summed E-state index contributed by atoms with van der Waals surface area (Å²) in [5.41, 5.74) is 6.37. The van der Waals surface area contributed by atoms with Gasteiger partial charge in [-0.1, -0.05) is 0 Å². The molecule has 0 atom stereocenters. The van der Waals surface area contributed by atoms with Crippen molar-refractivity contribution in [1.82, 2.24) is 0 Å². The van der Waals surface area contributed by atoms with Gasteiger partial charge >= 0.3 is 6.18 Å². The van der Waals surface area contributed by atoms with Crippen molar-refractivity contribution in [3.05, 3.63) is 29.3 Å². The molecular formula is C13H19F3N2. The molecule has 0 aromatic heterocycles. The average molecular weight is 260 g/mol. The van der Waals surface area contributed by atoms with Crippen molar-refractivity contribution in [1.29, 1.82) is 0 Å². The van der Waals surface area contributed by atoms with E-state index in [4.69, 9.17) is 5.73 Å². The summed E-state index contributed by atoms with van der Waals surface area (Å²) in [6, 6.07) is 3.90. The summed E-state index contributed by atoms with van der Waals surface area (Å²) in [4.78, 5) is 1.83. The third kappa shape index (κ3) is 3.91. The van der Waals surface area contributed by atoms with Crippen molar-refractivity contribution >= 4 is 5.69 Å². The van der Waals surface area contributed by atoms with Crippen molar-refractivity contribution in [2.24, 2.45) is 5.73 Å². The SMILES string of the molecule is CN(C)c1ccc(C(F)(F)F)cc1CCCCN. The summed E-state index contributed by atoms with van der Waals surface area (Å²) in [7, 11) is 3.66. The highest BCUT2D eigenvalue weighted by Gasteiger charge is 2.31. The predicted octanol–water partition coefficient (Wildman–Crippen LogP) is 3.05. The highest BCUT2D eigenvalue weighted by molar-refractivity contribution is 5.54. The van der Waals surface area contributed by atoms with E-state index in [0.29, 0.717) is 13.0 Å². The van der Waals surface area contributed by atoms with Gasteiger partial charge in [0.25, 0.3) is 0 Å². The zero-order valence-electron chi connectivity index (χ0n) is 10.7. The molecule has 0 heterocycles. The van der Waals surface area contributed by atoms with Crippen LogP contribution in [-0.4, -0.2) is 20.6 Å². The molecule has 1 aromatic carbocycles. The van der Waals surface area contributed by atoms with Gasteiger partial charge in [0.1, 0.15) is 0 Å². The highest BCUT2D eigenvalue weighted by Crippen LogP contribution is 2.33. The van der Waals surface area contributed by atoms with Gasteiger partial charge in [-0.3, -0.25) is 0 Å². The van der Waals surface area contributed by atoms with Crippen LogP contribution in [0.5, 0.6) is 0 Å². The van der Waals surface area contributed by atoms with E-state index in [-0.39, 0.29) is 0 Å². The Morgan fingerprint density at radius 2 is 1.83 bits per heavy atom. The number of nitrogens with zero attached hydrogens (tertiary/aromatic N) is 1. The fourth-order valence-electron chi connectivity index (χ4n) is 1.86. The molecule has 0 unspecified atom stereocenters. The fourth-order valence-corrected chi connectivity index (χ4v) is 1.86. The molecule has 0 amide bonds. The van der Waals surface area contributed by atoms with Gasteiger partial charge in [-0.25, -0.2) is 0 Å². The molecule has 1 rings (SSSR count). The number of aryl methyl sites for hydroxylation is 1. The van der Waals surface area contributed by atoms with Crippen LogP contribution in [0.3, 0.4) is 0 Å². The Balaban J connectivity index is 3.00. The number of hydrogen-bond donors (Lipinski definition) is 1. The smallest absolute Gasteiger partial charge is 0.377 e. The van der Waals surface area contributed by atoms with Crippen molar-refractivity contribution in [2.45, 2.75) is 25.4 Å². The van der Waals surface area contributed by atoms with Crippen molar-refractivity contribution in [2.75, 3.05) is 25.5 Å². The molecule has 102 valence electrons. The molecular weight excluding hydrogens is 241 g/mol. The lowest BCUT2D eigenvalue weighted by Gasteiger charge is -2.19. The van der Waals surface area contributed by atoms with Gasteiger partial charge in [0.15, 0.2) is 0 Å². The minimum Gasteiger partial charge on any atom is -0.377 e. The largest absolute Gasteiger partial charge is 0.416 e. The Kier molecular flexibility index (Phi) is 5.02. The predicted molar refractivity (Wildman–Crippen MR) is 67.8 cm³/mol. The van der Waals surface area contributed by atoms with Crippen LogP contribution in [0.2, 0.25) is 0 Å². The van der Waals surface area contributed by atoms with E-state index in [1.807, 2.05) is 19.0 Å². The second-order valence-electron chi connectivity index (χ2n) is 4.48. The molecule has 2 N–H and O–H groups in total. The number of anilines is 1. The molecule has 1 aromatic rings. The summed E-state index contributed by atoms with van der Waals surface area (Å²) in [5.74, 6) is 0. The quantitative estimate of drug-likeness (QED) is 0.824. The number of rotatable bonds is 5. The molecule has 0 saturated heterocycles. The summed E-state index contributed by atoms with van der Waals surface area (Å²) in [6.45, 7) is 0.566. The van der Waals surface area contributed by atoms with E-state index < -0.39 is 11.7 Å². The van der Waals surface area contributed by atoms with E-state index in [0.717, 1.165) is 30.2 Å². The number of halogens is 3. The maximum absolute atomic E-state index is 12.7.